The van der Waals surface area contributed by atoms with Crippen molar-refractivity contribution < 1.29 is 14.7 Å². The third-order valence-corrected chi connectivity index (χ3v) is 5.50. The predicted molar refractivity (Wildman–Crippen MR) is 117 cm³/mol. The number of carbonyl (C=O) groups is 2. The first kappa shape index (κ1) is 22.0. The summed E-state index contributed by atoms with van der Waals surface area (Å²) in [4.78, 5) is 53.5. The SMILES string of the molecule is CC[C@@H](C)[C@H](NC(=O)[C@@H](Cc1ccccc1)n1c(=O)[nH]c2ccccc2c1=O)C(=O)O. The summed E-state index contributed by atoms with van der Waals surface area (Å²) in [6, 6.07) is 13.2. The first-order valence-electron chi connectivity index (χ1n) is 10.1. The minimum Gasteiger partial charge on any atom is -0.480 e. The van der Waals surface area contributed by atoms with Crippen LogP contribution >= 0.6 is 0 Å². The van der Waals surface area contributed by atoms with Crippen LogP contribution < -0.4 is 16.6 Å². The number of nitrogens with zero attached hydrogens (tertiary/aromatic N) is 1. The molecule has 3 N–H and O–H groups in total. The van der Waals surface area contributed by atoms with E-state index in [0.717, 1.165) is 10.1 Å². The number of hydrogen-bond acceptors (Lipinski definition) is 4. The third kappa shape index (κ3) is 4.74. The second-order valence-corrected chi connectivity index (χ2v) is 7.57. The molecule has 8 heteroatoms. The summed E-state index contributed by atoms with van der Waals surface area (Å²) in [5.74, 6) is -2.19. The predicted octanol–water partition coefficient (Wildman–Crippen LogP) is 2.09. The van der Waals surface area contributed by atoms with Gasteiger partial charge in [0, 0.05) is 6.42 Å². The number of rotatable bonds is 8. The van der Waals surface area contributed by atoms with Crippen molar-refractivity contribution in [1.82, 2.24) is 14.9 Å². The molecule has 1 amide bonds. The van der Waals surface area contributed by atoms with Crippen LogP contribution in [0, 0.1) is 5.92 Å². The number of benzene rings is 2. The van der Waals surface area contributed by atoms with Crippen LogP contribution in [0.25, 0.3) is 10.9 Å². The monoisotopic (exact) mass is 423 g/mol. The number of amides is 1. The summed E-state index contributed by atoms with van der Waals surface area (Å²) < 4.78 is 0.875. The van der Waals surface area contributed by atoms with E-state index >= 15 is 0 Å². The highest BCUT2D eigenvalue weighted by molar-refractivity contribution is 5.86. The number of fused-ring (bicyclic) bond motifs is 1. The maximum Gasteiger partial charge on any atom is 0.329 e. The molecule has 162 valence electrons. The van der Waals surface area contributed by atoms with Gasteiger partial charge in [-0.05, 0) is 23.6 Å². The van der Waals surface area contributed by atoms with Crippen molar-refractivity contribution in [3.63, 3.8) is 0 Å². The average Bonchev–Trinajstić information content (AvgIpc) is 2.76. The lowest BCUT2D eigenvalue weighted by atomic mass is 9.98. The van der Waals surface area contributed by atoms with E-state index in [-0.39, 0.29) is 17.7 Å². The number of nitrogens with one attached hydrogen (secondary N) is 2. The lowest BCUT2D eigenvalue weighted by molar-refractivity contribution is -0.143. The van der Waals surface area contributed by atoms with Crippen LogP contribution in [-0.2, 0) is 16.0 Å². The lowest BCUT2D eigenvalue weighted by Gasteiger charge is -2.24. The summed E-state index contributed by atoms with van der Waals surface area (Å²) in [5, 5.41) is 12.4. The van der Waals surface area contributed by atoms with Crippen molar-refractivity contribution in [2.24, 2.45) is 5.92 Å². The van der Waals surface area contributed by atoms with Gasteiger partial charge in [-0.2, -0.15) is 0 Å². The minimum atomic E-state index is -1.21. The van der Waals surface area contributed by atoms with E-state index in [4.69, 9.17) is 0 Å². The molecule has 31 heavy (non-hydrogen) atoms. The topological polar surface area (TPSA) is 121 Å². The summed E-state index contributed by atoms with van der Waals surface area (Å²) in [6.07, 6.45) is 0.595. The molecule has 0 fully saturated rings. The second kappa shape index (κ2) is 9.42. The molecular weight excluding hydrogens is 398 g/mol. The van der Waals surface area contributed by atoms with E-state index in [1.165, 1.54) is 0 Å². The molecular formula is C23H25N3O5. The Morgan fingerprint density at radius 1 is 1.06 bits per heavy atom. The highest BCUT2D eigenvalue weighted by Gasteiger charge is 2.31. The molecule has 2 aromatic carbocycles. The highest BCUT2D eigenvalue weighted by Crippen LogP contribution is 2.16. The van der Waals surface area contributed by atoms with Gasteiger partial charge in [-0.3, -0.25) is 9.59 Å². The number of H-pyrrole nitrogens is 1. The van der Waals surface area contributed by atoms with Crippen LogP contribution in [0.15, 0.2) is 64.2 Å². The molecule has 0 radical (unpaired) electrons. The number of carbonyl (C=O) groups excluding carboxylic acids is 1. The van der Waals surface area contributed by atoms with Gasteiger partial charge in [0.05, 0.1) is 10.9 Å². The molecule has 0 aliphatic heterocycles. The normalized spacial score (nSPS) is 14.0. The Morgan fingerprint density at radius 3 is 2.35 bits per heavy atom. The highest BCUT2D eigenvalue weighted by atomic mass is 16.4. The van der Waals surface area contributed by atoms with E-state index in [9.17, 15) is 24.3 Å². The number of carboxylic acids is 1. The van der Waals surface area contributed by atoms with Gasteiger partial charge in [0.25, 0.3) is 5.56 Å². The zero-order valence-electron chi connectivity index (χ0n) is 17.4. The van der Waals surface area contributed by atoms with Crippen molar-refractivity contribution in [3.05, 3.63) is 81.0 Å². The van der Waals surface area contributed by atoms with Gasteiger partial charge in [0.1, 0.15) is 12.1 Å². The molecule has 8 nitrogen and oxygen atoms in total. The first-order chi connectivity index (χ1) is 14.8. The third-order valence-electron chi connectivity index (χ3n) is 5.50. The van der Waals surface area contributed by atoms with E-state index in [0.29, 0.717) is 11.9 Å². The Bertz CT molecular complexity index is 1200. The Kier molecular flexibility index (Phi) is 6.69. The Hall–Kier alpha value is -3.68. The fraction of sp³-hybridized carbons (Fsp3) is 0.304. The molecule has 0 unspecified atom stereocenters. The molecule has 0 aliphatic carbocycles. The zero-order valence-corrected chi connectivity index (χ0v) is 17.4. The molecule has 3 aromatic rings. The van der Waals surface area contributed by atoms with Gasteiger partial charge in [0.15, 0.2) is 0 Å². The number of aliphatic carboxylic acids is 1. The van der Waals surface area contributed by atoms with Gasteiger partial charge >= 0.3 is 11.7 Å². The summed E-state index contributed by atoms with van der Waals surface area (Å²) in [7, 11) is 0. The average molecular weight is 423 g/mol. The van der Waals surface area contributed by atoms with Crippen molar-refractivity contribution in [2.75, 3.05) is 0 Å². The van der Waals surface area contributed by atoms with Crippen LogP contribution in [0.3, 0.4) is 0 Å². The molecule has 1 heterocycles. The quantitative estimate of drug-likeness (QED) is 0.512. The molecule has 0 aliphatic rings. The van der Waals surface area contributed by atoms with Gasteiger partial charge < -0.3 is 15.4 Å². The fourth-order valence-electron chi connectivity index (χ4n) is 3.53. The van der Waals surface area contributed by atoms with E-state index < -0.39 is 35.2 Å². The smallest absolute Gasteiger partial charge is 0.329 e. The number of aromatic amines is 1. The Balaban J connectivity index is 2.10. The maximum absolute atomic E-state index is 13.2. The maximum atomic E-state index is 13.2. The Labute approximate surface area is 178 Å². The van der Waals surface area contributed by atoms with Crippen LogP contribution in [0.5, 0.6) is 0 Å². The van der Waals surface area contributed by atoms with E-state index in [1.54, 1.807) is 55.5 Å². The van der Waals surface area contributed by atoms with Crippen LogP contribution in [0.1, 0.15) is 31.9 Å². The molecule has 0 saturated heterocycles. The van der Waals surface area contributed by atoms with Gasteiger partial charge in [-0.1, -0.05) is 62.7 Å². The summed E-state index contributed by atoms with van der Waals surface area (Å²) in [5.41, 5.74) is -0.228. The standard InChI is InChI=1S/C23H25N3O5/c1-3-14(2)19(22(29)30)25-20(27)18(13-15-9-5-4-6-10-15)26-21(28)16-11-7-8-12-17(16)24-23(26)31/h4-12,14,18-19H,3,13H2,1-2H3,(H,24,31)(H,25,27)(H,29,30)/t14-,18-,19+/m1/s1. The largest absolute Gasteiger partial charge is 0.480 e. The van der Waals surface area contributed by atoms with Crippen LogP contribution in [0.4, 0.5) is 0 Å². The first-order valence-corrected chi connectivity index (χ1v) is 10.1. The number of aromatic nitrogens is 2. The Morgan fingerprint density at radius 2 is 1.71 bits per heavy atom. The number of hydrogen-bond donors (Lipinski definition) is 3. The van der Waals surface area contributed by atoms with E-state index in [1.807, 2.05) is 13.0 Å². The molecule has 1 aromatic heterocycles. The van der Waals surface area contributed by atoms with Crippen molar-refractivity contribution in [2.45, 2.75) is 38.8 Å². The van der Waals surface area contributed by atoms with Crippen LogP contribution in [-0.4, -0.2) is 32.6 Å². The second-order valence-electron chi connectivity index (χ2n) is 7.57. The number of para-hydroxylation sites is 1. The summed E-state index contributed by atoms with van der Waals surface area (Å²) >= 11 is 0. The van der Waals surface area contributed by atoms with Gasteiger partial charge in [0.2, 0.25) is 5.91 Å². The fourth-order valence-corrected chi connectivity index (χ4v) is 3.53. The van der Waals surface area contributed by atoms with Crippen molar-refractivity contribution >= 4 is 22.8 Å². The van der Waals surface area contributed by atoms with E-state index in [2.05, 4.69) is 10.3 Å². The van der Waals surface area contributed by atoms with Crippen molar-refractivity contribution in [3.8, 4) is 0 Å². The van der Waals surface area contributed by atoms with Gasteiger partial charge in [-0.25, -0.2) is 14.2 Å². The molecule has 3 rings (SSSR count). The molecule has 0 saturated carbocycles. The minimum absolute atomic E-state index is 0.0564. The molecule has 3 atom stereocenters. The number of carboxylic acid groups (broad SMARTS) is 1. The molecule has 0 spiro atoms. The summed E-state index contributed by atoms with van der Waals surface area (Å²) in [6.45, 7) is 3.55. The lowest BCUT2D eigenvalue weighted by Crippen LogP contribution is -2.51. The molecule has 0 bridgehead atoms. The van der Waals surface area contributed by atoms with Crippen molar-refractivity contribution in [1.29, 1.82) is 0 Å². The zero-order chi connectivity index (χ0) is 22.5. The van der Waals surface area contributed by atoms with Gasteiger partial charge in [-0.15, -0.1) is 0 Å². The van der Waals surface area contributed by atoms with Crippen LogP contribution in [0.2, 0.25) is 0 Å².